The Hall–Kier alpha value is -1.15. The number of benzene rings is 2. The van der Waals surface area contributed by atoms with Gasteiger partial charge in [0.25, 0.3) is 0 Å². The molecule has 1 aliphatic rings. The molecule has 0 aromatic heterocycles. The molecule has 0 amide bonds. The molecule has 0 fully saturated rings. The average molecular weight is 412 g/mol. The summed E-state index contributed by atoms with van der Waals surface area (Å²) in [7, 11) is 0. The third-order valence-corrected chi connectivity index (χ3v) is 38.9. The van der Waals surface area contributed by atoms with Gasteiger partial charge in [-0.2, -0.15) is 0 Å². The fourth-order valence-corrected chi connectivity index (χ4v) is 30.6. The van der Waals surface area contributed by atoms with E-state index in [4.69, 9.17) is 0 Å². The first-order chi connectivity index (χ1) is 12.5. The van der Waals surface area contributed by atoms with Crippen LogP contribution in [0.1, 0.15) is 27.7 Å². The zero-order valence-corrected chi connectivity index (χ0v) is 20.9. The Morgan fingerprint density at radius 1 is 0.704 bits per heavy atom. The van der Waals surface area contributed by atoms with Crippen molar-refractivity contribution in [2.45, 2.75) is 49.9 Å². The summed E-state index contributed by atoms with van der Waals surface area (Å²) >= 11 is -3.13. The SMILES string of the molecule is CC1=C(C)C(C)[C]([Ti]([CH3])([CH3])([CH3])[Si](C)(c2ccccc2)c2ccccc2)=C1C. The maximum absolute atomic E-state index is 3.13. The van der Waals surface area contributed by atoms with Crippen LogP contribution in [-0.2, 0) is 14.6 Å². The second-order valence-electron chi connectivity index (χ2n) is 10.1. The first-order valence-corrected chi connectivity index (χ1v) is 20.5. The Morgan fingerprint density at radius 2 is 1.11 bits per heavy atom. The average Bonchev–Trinajstić information content (AvgIpc) is 2.85. The Kier molecular flexibility index (Phi) is 5.13. The molecule has 0 saturated carbocycles. The molecule has 3 rings (SSSR count). The predicted octanol–water partition coefficient (Wildman–Crippen LogP) is 6.47. The quantitative estimate of drug-likeness (QED) is 0.506. The van der Waals surface area contributed by atoms with E-state index in [2.05, 4.69) is 111 Å². The van der Waals surface area contributed by atoms with Gasteiger partial charge in [0.1, 0.15) is 0 Å². The van der Waals surface area contributed by atoms with Crippen molar-refractivity contribution in [3.8, 4) is 0 Å². The molecule has 0 saturated heterocycles. The summed E-state index contributed by atoms with van der Waals surface area (Å²) < 4.78 is 1.82. The van der Waals surface area contributed by atoms with Crippen molar-refractivity contribution in [1.82, 2.24) is 0 Å². The molecule has 0 aliphatic heterocycles. The zero-order valence-electron chi connectivity index (χ0n) is 18.4. The van der Waals surface area contributed by atoms with E-state index in [1.807, 2.05) is 3.88 Å². The fourth-order valence-electron chi connectivity index (χ4n) is 5.77. The summed E-state index contributed by atoms with van der Waals surface area (Å²) in [5, 5.41) is 11.3. The van der Waals surface area contributed by atoms with Crippen molar-refractivity contribution in [1.29, 1.82) is 0 Å². The minimum absolute atomic E-state index is 0.584. The van der Waals surface area contributed by atoms with Gasteiger partial charge < -0.3 is 0 Å². The molecule has 2 heteroatoms. The third kappa shape index (κ3) is 2.90. The minimum atomic E-state index is -3.13. The Morgan fingerprint density at radius 3 is 1.44 bits per heavy atom. The molecular weight excluding hydrogens is 376 g/mol. The summed E-state index contributed by atoms with van der Waals surface area (Å²) in [5.41, 5.74) is 4.71. The molecule has 0 radical (unpaired) electrons. The number of rotatable bonds is 4. The van der Waals surface area contributed by atoms with E-state index in [0.29, 0.717) is 5.92 Å². The van der Waals surface area contributed by atoms with Gasteiger partial charge in [-0.05, 0) is 0 Å². The van der Waals surface area contributed by atoms with E-state index < -0.39 is 20.5 Å². The summed E-state index contributed by atoms with van der Waals surface area (Å²) in [5.74, 6) is -1.37. The number of allylic oxidation sites excluding steroid dienone is 4. The summed E-state index contributed by atoms with van der Waals surface area (Å²) in [4.78, 5) is 0. The summed E-state index contributed by atoms with van der Waals surface area (Å²) in [6.07, 6.45) is 0. The van der Waals surface area contributed by atoms with Crippen molar-refractivity contribution in [3.05, 3.63) is 81.3 Å². The molecule has 0 nitrogen and oxygen atoms in total. The Labute approximate surface area is 167 Å². The van der Waals surface area contributed by atoms with Crippen LogP contribution in [0.4, 0.5) is 0 Å². The molecule has 1 aliphatic carbocycles. The van der Waals surface area contributed by atoms with Crippen LogP contribution < -0.4 is 10.4 Å². The van der Waals surface area contributed by atoms with Gasteiger partial charge in [-0.1, -0.05) is 0 Å². The van der Waals surface area contributed by atoms with Gasteiger partial charge in [0.05, 0.1) is 0 Å². The molecule has 27 heavy (non-hydrogen) atoms. The molecule has 2 aromatic carbocycles. The van der Waals surface area contributed by atoms with Gasteiger partial charge in [-0.3, -0.25) is 0 Å². The van der Waals surface area contributed by atoms with Gasteiger partial charge in [0.15, 0.2) is 0 Å². The van der Waals surface area contributed by atoms with Crippen molar-refractivity contribution in [2.24, 2.45) is 5.92 Å². The van der Waals surface area contributed by atoms with E-state index in [0.717, 1.165) is 0 Å². The third-order valence-electron chi connectivity index (χ3n) is 8.04. The predicted molar refractivity (Wildman–Crippen MR) is 122 cm³/mol. The van der Waals surface area contributed by atoms with Gasteiger partial charge in [0, 0.05) is 0 Å². The molecule has 143 valence electrons. The topological polar surface area (TPSA) is 0 Å². The molecule has 0 heterocycles. The summed E-state index contributed by atoms with van der Waals surface area (Å²) in [6.45, 7) is 12.2. The van der Waals surface area contributed by atoms with E-state index in [-0.39, 0.29) is 0 Å². The molecule has 0 N–H and O–H groups in total. The van der Waals surface area contributed by atoms with Crippen molar-refractivity contribution < 1.29 is 14.6 Å². The van der Waals surface area contributed by atoms with Gasteiger partial charge in [0.2, 0.25) is 0 Å². The van der Waals surface area contributed by atoms with Gasteiger partial charge in [-0.25, -0.2) is 0 Å². The van der Waals surface area contributed by atoms with Crippen LogP contribution in [0.15, 0.2) is 81.3 Å². The standard InChI is InChI=1S/C13H13Si.C9H13.3CH3.Ti/c1-14(12-8-4-2-5-9-12)13-10-6-3-7-11-13;1-6-5-7(2)9(4)8(6)3;;;;/h2-11H,1H3;6H,1-4H3;3*1H3;. The van der Waals surface area contributed by atoms with Crippen LogP contribution >= 0.6 is 0 Å². The molecule has 0 spiro atoms. The van der Waals surface area contributed by atoms with Crippen molar-refractivity contribution in [3.63, 3.8) is 0 Å². The molecular formula is C25H35SiTi. The first kappa shape index (κ1) is 20.6. The van der Waals surface area contributed by atoms with E-state index >= 15 is 0 Å². The maximum atomic E-state index is 2.71. The van der Waals surface area contributed by atoms with Crippen LogP contribution in [0.2, 0.25) is 22.2 Å². The number of hydrogen-bond donors (Lipinski definition) is 0. The molecule has 2 aromatic rings. The van der Waals surface area contributed by atoms with E-state index in [9.17, 15) is 0 Å². The van der Waals surface area contributed by atoms with Crippen molar-refractivity contribution >= 4 is 16.3 Å². The van der Waals surface area contributed by atoms with Crippen LogP contribution in [0.5, 0.6) is 0 Å². The summed E-state index contributed by atoms with van der Waals surface area (Å²) in [6, 6.07) is 22.9. The molecule has 1 atom stereocenters. The Bertz CT molecular complexity index is 872. The van der Waals surface area contributed by atoms with Crippen LogP contribution in [0.3, 0.4) is 0 Å². The monoisotopic (exact) mass is 411 g/mol. The normalized spacial score (nSPS) is 20.0. The zero-order chi connectivity index (χ0) is 20.1. The Balaban J connectivity index is 2.37. The second-order valence-corrected chi connectivity index (χ2v) is 36.0. The molecule has 0 bridgehead atoms. The van der Waals surface area contributed by atoms with E-state index in [1.165, 1.54) is 5.57 Å². The van der Waals surface area contributed by atoms with E-state index in [1.54, 1.807) is 21.5 Å². The number of hydrogen-bond acceptors (Lipinski definition) is 0. The fraction of sp³-hybridized carbons (Fsp3) is 0.360. The van der Waals surface area contributed by atoms with Crippen LogP contribution in [0, 0.1) is 5.92 Å². The van der Waals surface area contributed by atoms with Gasteiger partial charge in [-0.15, -0.1) is 0 Å². The van der Waals surface area contributed by atoms with Crippen LogP contribution in [-0.4, -0.2) is 5.94 Å². The first-order valence-electron chi connectivity index (χ1n) is 10.2. The second kappa shape index (κ2) is 6.72. The van der Waals surface area contributed by atoms with Gasteiger partial charge >= 0.3 is 168 Å². The molecule has 1 unspecified atom stereocenters. The van der Waals surface area contributed by atoms with Crippen molar-refractivity contribution in [2.75, 3.05) is 0 Å². The van der Waals surface area contributed by atoms with Crippen LogP contribution in [0.25, 0.3) is 0 Å².